The molecule has 25 heavy (non-hydrogen) atoms. The number of esters is 1. The third-order valence-electron chi connectivity index (χ3n) is 3.83. The van der Waals surface area contributed by atoms with E-state index in [4.69, 9.17) is 4.74 Å². The van der Waals surface area contributed by atoms with Gasteiger partial charge in [-0.1, -0.05) is 68.3 Å². The zero-order valence-corrected chi connectivity index (χ0v) is 15.4. The number of ketones is 1. The van der Waals surface area contributed by atoms with Crippen molar-refractivity contribution in [3.8, 4) is 0 Å². The molecule has 0 saturated heterocycles. The molecular weight excluding hydrogens is 312 g/mol. The maximum Gasteiger partial charge on any atom is 0.343 e. The number of hydrogen-bond donors (Lipinski definition) is 0. The van der Waals surface area contributed by atoms with Crippen LogP contribution < -0.4 is 0 Å². The summed E-state index contributed by atoms with van der Waals surface area (Å²) in [6.07, 6.45) is 1.41. The van der Waals surface area contributed by atoms with Crippen molar-refractivity contribution in [1.29, 1.82) is 0 Å². The third kappa shape index (κ3) is 5.15. The Kier molecular flexibility index (Phi) is 5.58. The fraction of sp³-hybridized carbons (Fsp3) is 0.273. The second-order valence-corrected chi connectivity index (χ2v) is 7.24. The first kappa shape index (κ1) is 18.7. The van der Waals surface area contributed by atoms with Crippen molar-refractivity contribution in [2.24, 2.45) is 5.41 Å². The van der Waals surface area contributed by atoms with Gasteiger partial charge in [-0.2, -0.15) is 0 Å². The van der Waals surface area contributed by atoms with Crippen molar-refractivity contribution >= 4 is 17.5 Å². The Hall–Kier alpha value is -2.68. The molecule has 2 rings (SSSR count). The maximum absolute atomic E-state index is 12.5. The number of benzene rings is 2. The van der Waals surface area contributed by atoms with Crippen molar-refractivity contribution in [3.63, 3.8) is 0 Å². The zero-order valence-electron chi connectivity index (χ0n) is 15.4. The van der Waals surface area contributed by atoms with Gasteiger partial charge >= 0.3 is 5.97 Å². The Labute approximate surface area is 149 Å². The highest BCUT2D eigenvalue weighted by atomic mass is 16.5. The molecule has 0 aliphatic carbocycles. The van der Waals surface area contributed by atoms with Gasteiger partial charge in [0.05, 0.1) is 5.56 Å². The summed E-state index contributed by atoms with van der Waals surface area (Å²) in [5.74, 6) is -0.307. The van der Waals surface area contributed by atoms with E-state index in [1.165, 1.54) is 6.08 Å². The van der Waals surface area contributed by atoms with Gasteiger partial charge in [-0.25, -0.2) is 4.79 Å². The first-order valence-electron chi connectivity index (χ1n) is 8.29. The fourth-order valence-electron chi connectivity index (χ4n) is 2.07. The van der Waals surface area contributed by atoms with Gasteiger partial charge in [-0.05, 0) is 26.0 Å². The Bertz CT molecular complexity index is 789. The molecule has 0 aliphatic rings. The lowest BCUT2D eigenvalue weighted by Crippen LogP contribution is -2.18. The highest BCUT2D eigenvalue weighted by molar-refractivity contribution is 6.01. The predicted octanol–water partition coefficient (Wildman–Crippen LogP) is 5.12. The van der Waals surface area contributed by atoms with Crippen LogP contribution in [0.2, 0.25) is 0 Å². The van der Waals surface area contributed by atoms with Gasteiger partial charge in [0.25, 0.3) is 0 Å². The molecule has 0 aliphatic heterocycles. The van der Waals surface area contributed by atoms with Crippen LogP contribution >= 0.6 is 0 Å². The zero-order chi connectivity index (χ0) is 18.6. The number of aryl methyl sites for hydroxylation is 2. The number of carbonyl (C=O) groups excluding carboxylic acids is 2. The van der Waals surface area contributed by atoms with Gasteiger partial charge in [0.2, 0.25) is 0 Å². The van der Waals surface area contributed by atoms with E-state index < -0.39 is 11.4 Å². The molecule has 0 amide bonds. The molecule has 0 spiro atoms. The first-order valence-corrected chi connectivity index (χ1v) is 8.29. The summed E-state index contributed by atoms with van der Waals surface area (Å²) in [6, 6.07) is 14.7. The SMILES string of the molecule is Cc1ccc(C(=O)O/C(=C\C(=O)C(C)(C)C)c2ccc(C)cc2)cc1. The highest BCUT2D eigenvalue weighted by Crippen LogP contribution is 2.23. The summed E-state index contributed by atoms with van der Waals surface area (Å²) >= 11 is 0. The summed E-state index contributed by atoms with van der Waals surface area (Å²) in [4.78, 5) is 24.9. The predicted molar refractivity (Wildman–Crippen MR) is 100 cm³/mol. The first-order chi connectivity index (χ1) is 11.7. The van der Waals surface area contributed by atoms with E-state index in [2.05, 4.69) is 0 Å². The molecule has 0 N–H and O–H groups in total. The lowest BCUT2D eigenvalue weighted by atomic mass is 9.90. The van der Waals surface area contributed by atoms with Crippen LogP contribution in [-0.2, 0) is 9.53 Å². The lowest BCUT2D eigenvalue weighted by Gasteiger charge is -2.16. The molecule has 0 unspecified atom stereocenters. The van der Waals surface area contributed by atoms with Crippen LogP contribution in [0.15, 0.2) is 54.6 Å². The number of carbonyl (C=O) groups is 2. The molecule has 0 heterocycles. The Balaban J connectivity index is 2.36. The second-order valence-electron chi connectivity index (χ2n) is 7.24. The van der Waals surface area contributed by atoms with Crippen molar-refractivity contribution < 1.29 is 14.3 Å². The summed E-state index contributed by atoms with van der Waals surface area (Å²) in [7, 11) is 0. The van der Waals surface area contributed by atoms with E-state index in [0.29, 0.717) is 11.1 Å². The largest absolute Gasteiger partial charge is 0.422 e. The average molecular weight is 336 g/mol. The van der Waals surface area contributed by atoms with E-state index >= 15 is 0 Å². The molecular formula is C22H24O3. The van der Waals surface area contributed by atoms with E-state index in [0.717, 1.165) is 11.1 Å². The highest BCUT2D eigenvalue weighted by Gasteiger charge is 2.22. The van der Waals surface area contributed by atoms with Gasteiger partial charge in [0.1, 0.15) is 5.76 Å². The number of hydrogen-bond acceptors (Lipinski definition) is 3. The number of ether oxygens (including phenoxy) is 1. The standard InChI is InChI=1S/C22H24O3/c1-15-6-10-17(11-7-15)19(14-20(23)22(3,4)5)25-21(24)18-12-8-16(2)9-13-18/h6-14H,1-5H3/b19-14-. The monoisotopic (exact) mass is 336 g/mol. The van der Waals surface area contributed by atoms with Gasteiger partial charge in [-0.15, -0.1) is 0 Å². The van der Waals surface area contributed by atoms with Crippen molar-refractivity contribution in [2.45, 2.75) is 34.6 Å². The van der Waals surface area contributed by atoms with Gasteiger partial charge in [0, 0.05) is 17.1 Å². The number of rotatable bonds is 4. The minimum absolute atomic E-state index is 0.0974. The molecule has 3 heteroatoms. The molecule has 0 aromatic heterocycles. The molecule has 0 fully saturated rings. The van der Waals surface area contributed by atoms with Crippen LogP contribution in [0.25, 0.3) is 5.76 Å². The van der Waals surface area contributed by atoms with E-state index in [1.807, 2.05) is 71.0 Å². The third-order valence-corrected chi connectivity index (χ3v) is 3.83. The molecule has 0 radical (unpaired) electrons. The van der Waals surface area contributed by atoms with Crippen LogP contribution in [0, 0.1) is 19.3 Å². The molecule has 0 atom stereocenters. The van der Waals surface area contributed by atoms with Crippen molar-refractivity contribution in [2.75, 3.05) is 0 Å². The smallest absolute Gasteiger partial charge is 0.343 e. The van der Waals surface area contributed by atoms with E-state index in [-0.39, 0.29) is 11.5 Å². The minimum atomic E-state index is -0.549. The summed E-state index contributed by atoms with van der Waals surface area (Å²) in [6.45, 7) is 9.43. The van der Waals surface area contributed by atoms with Crippen LogP contribution in [0.3, 0.4) is 0 Å². The number of allylic oxidation sites excluding steroid dienone is 1. The molecule has 0 saturated carbocycles. The average Bonchev–Trinajstić information content (AvgIpc) is 2.54. The van der Waals surface area contributed by atoms with Gasteiger partial charge < -0.3 is 4.74 Å². The molecule has 0 bridgehead atoms. The minimum Gasteiger partial charge on any atom is -0.422 e. The normalized spacial score (nSPS) is 12.0. The Morgan fingerprint density at radius 2 is 1.24 bits per heavy atom. The van der Waals surface area contributed by atoms with Crippen LogP contribution in [-0.4, -0.2) is 11.8 Å². The van der Waals surface area contributed by atoms with Gasteiger partial charge in [-0.3, -0.25) is 4.79 Å². The molecule has 2 aromatic carbocycles. The van der Waals surface area contributed by atoms with Gasteiger partial charge in [0.15, 0.2) is 5.78 Å². The van der Waals surface area contributed by atoms with Crippen molar-refractivity contribution in [3.05, 3.63) is 76.9 Å². The summed E-state index contributed by atoms with van der Waals surface area (Å²) in [5, 5.41) is 0. The molecule has 130 valence electrons. The molecule has 3 nitrogen and oxygen atoms in total. The van der Waals surface area contributed by atoms with Crippen LogP contribution in [0.5, 0.6) is 0 Å². The Morgan fingerprint density at radius 3 is 1.68 bits per heavy atom. The molecule has 2 aromatic rings. The lowest BCUT2D eigenvalue weighted by molar-refractivity contribution is -0.121. The van der Waals surface area contributed by atoms with Crippen LogP contribution in [0.4, 0.5) is 0 Å². The maximum atomic E-state index is 12.5. The summed E-state index contributed by atoms with van der Waals surface area (Å²) < 4.78 is 5.57. The fourth-order valence-corrected chi connectivity index (χ4v) is 2.07. The summed E-state index contributed by atoms with van der Waals surface area (Å²) in [5.41, 5.74) is 2.76. The topological polar surface area (TPSA) is 43.4 Å². The van der Waals surface area contributed by atoms with Crippen molar-refractivity contribution in [1.82, 2.24) is 0 Å². The Morgan fingerprint density at radius 1 is 0.800 bits per heavy atom. The van der Waals surface area contributed by atoms with E-state index in [9.17, 15) is 9.59 Å². The quantitative estimate of drug-likeness (QED) is 0.442. The van der Waals surface area contributed by atoms with Crippen LogP contribution in [0.1, 0.15) is 47.8 Å². The van der Waals surface area contributed by atoms with E-state index in [1.54, 1.807) is 12.1 Å². The second kappa shape index (κ2) is 7.47.